The Labute approximate surface area is 186 Å². The summed E-state index contributed by atoms with van der Waals surface area (Å²) in [4.78, 5) is 23.4. The Bertz CT molecular complexity index is 577. The molecule has 9 heteroatoms. The zero-order valence-corrected chi connectivity index (χ0v) is 19.4. The van der Waals surface area contributed by atoms with E-state index in [1.165, 1.54) is 0 Å². The first kappa shape index (κ1) is 26.1. The third-order valence-corrected chi connectivity index (χ3v) is 7.17. The number of carbonyl (C=O) groups is 2. The van der Waals surface area contributed by atoms with Gasteiger partial charge in [0.05, 0.1) is 50.1 Å². The van der Waals surface area contributed by atoms with E-state index in [1.54, 1.807) is 0 Å². The summed E-state index contributed by atoms with van der Waals surface area (Å²) in [5.74, 6) is -0.838. The number of epoxide rings is 2. The van der Waals surface area contributed by atoms with Gasteiger partial charge in [-0.15, -0.1) is 0 Å². The van der Waals surface area contributed by atoms with Crippen molar-refractivity contribution in [3.63, 3.8) is 0 Å². The van der Waals surface area contributed by atoms with Crippen molar-refractivity contribution >= 4 is 21.8 Å². The van der Waals surface area contributed by atoms with E-state index in [0.29, 0.717) is 25.4 Å². The van der Waals surface area contributed by atoms with E-state index >= 15 is 0 Å². The van der Waals surface area contributed by atoms with E-state index in [1.807, 2.05) is 0 Å². The van der Waals surface area contributed by atoms with Gasteiger partial charge >= 0.3 is 11.9 Å². The van der Waals surface area contributed by atoms with Crippen LogP contribution in [0.5, 0.6) is 0 Å². The SMILES string of the molecule is O=C(CCCS(=O)(=O)CCCC(=O)OCCCCCC1CO1)OCCCCCC1CO1. The molecule has 2 aliphatic heterocycles. The predicted molar refractivity (Wildman–Crippen MR) is 115 cm³/mol. The number of carbonyl (C=O) groups excluding carboxylic acids is 2. The van der Waals surface area contributed by atoms with Crippen molar-refractivity contribution in [1.82, 2.24) is 0 Å². The highest BCUT2D eigenvalue weighted by Gasteiger charge is 2.21. The molecule has 0 bridgehead atoms. The Morgan fingerprint density at radius 2 is 1.10 bits per heavy atom. The van der Waals surface area contributed by atoms with Gasteiger partial charge in [0.15, 0.2) is 0 Å². The van der Waals surface area contributed by atoms with Gasteiger partial charge in [0.2, 0.25) is 0 Å². The standard InChI is InChI=1S/C22H38O8S/c23-21(27-13-5-1-3-9-19-17-29-19)11-7-15-31(25,26)16-8-12-22(24)28-14-6-2-4-10-20-18-30-20/h19-20H,1-18H2. The van der Waals surface area contributed by atoms with Crippen LogP contribution >= 0.6 is 0 Å². The Morgan fingerprint density at radius 3 is 1.48 bits per heavy atom. The molecular weight excluding hydrogens is 424 g/mol. The Kier molecular flexibility index (Phi) is 12.4. The summed E-state index contributed by atoms with van der Waals surface area (Å²) in [5.41, 5.74) is 0. The maximum atomic E-state index is 12.1. The first-order chi connectivity index (χ1) is 14.9. The second kappa shape index (κ2) is 14.8. The van der Waals surface area contributed by atoms with E-state index in [4.69, 9.17) is 18.9 Å². The van der Waals surface area contributed by atoms with Crippen molar-refractivity contribution in [2.75, 3.05) is 37.9 Å². The molecule has 2 saturated heterocycles. The maximum Gasteiger partial charge on any atom is 0.305 e. The molecule has 0 amide bonds. The molecule has 0 spiro atoms. The predicted octanol–water partition coefficient (Wildman–Crippen LogP) is 2.97. The van der Waals surface area contributed by atoms with Gasteiger partial charge < -0.3 is 18.9 Å². The van der Waals surface area contributed by atoms with Crippen molar-refractivity contribution in [2.24, 2.45) is 0 Å². The second-order valence-electron chi connectivity index (χ2n) is 8.41. The molecule has 2 unspecified atom stereocenters. The van der Waals surface area contributed by atoms with E-state index < -0.39 is 9.84 Å². The van der Waals surface area contributed by atoms with Gasteiger partial charge in [0, 0.05) is 12.8 Å². The van der Waals surface area contributed by atoms with Crippen LogP contribution in [-0.4, -0.2) is 70.5 Å². The number of unbranched alkanes of at least 4 members (excludes halogenated alkanes) is 4. The molecule has 2 heterocycles. The molecule has 0 aromatic rings. The summed E-state index contributed by atoms with van der Waals surface area (Å²) in [6.45, 7) is 2.51. The fourth-order valence-electron chi connectivity index (χ4n) is 3.26. The average Bonchev–Trinajstić information content (AvgIpc) is 3.62. The number of hydrogen-bond donors (Lipinski definition) is 0. The van der Waals surface area contributed by atoms with Crippen molar-refractivity contribution in [1.29, 1.82) is 0 Å². The van der Waals surface area contributed by atoms with Crippen LogP contribution in [0.4, 0.5) is 0 Å². The molecule has 2 rings (SSSR count). The molecule has 2 atom stereocenters. The molecule has 0 aromatic heterocycles. The van der Waals surface area contributed by atoms with Gasteiger partial charge in [-0.25, -0.2) is 8.42 Å². The number of esters is 2. The molecule has 2 fully saturated rings. The number of hydrogen-bond acceptors (Lipinski definition) is 8. The highest BCUT2D eigenvalue weighted by Crippen LogP contribution is 2.17. The lowest BCUT2D eigenvalue weighted by atomic mass is 10.2. The third-order valence-electron chi connectivity index (χ3n) is 5.34. The molecule has 0 saturated carbocycles. The van der Waals surface area contributed by atoms with E-state index in [9.17, 15) is 18.0 Å². The molecule has 0 aromatic carbocycles. The first-order valence-corrected chi connectivity index (χ1v) is 13.5. The lowest BCUT2D eigenvalue weighted by Gasteiger charge is -2.07. The fourth-order valence-corrected chi connectivity index (χ4v) is 4.63. The number of sulfone groups is 1. The minimum absolute atomic E-state index is 0.0662. The summed E-state index contributed by atoms with van der Waals surface area (Å²) in [6.07, 6.45) is 9.51. The summed E-state index contributed by atoms with van der Waals surface area (Å²) in [7, 11) is -3.28. The van der Waals surface area contributed by atoms with Crippen LogP contribution in [-0.2, 0) is 38.4 Å². The minimum Gasteiger partial charge on any atom is -0.466 e. The van der Waals surface area contributed by atoms with Crippen molar-refractivity contribution in [2.45, 2.75) is 89.3 Å². The molecule has 31 heavy (non-hydrogen) atoms. The van der Waals surface area contributed by atoms with Crippen molar-refractivity contribution in [3.05, 3.63) is 0 Å². The van der Waals surface area contributed by atoms with Crippen LogP contribution in [0.2, 0.25) is 0 Å². The lowest BCUT2D eigenvalue weighted by Crippen LogP contribution is -2.15. The molecule has 8 nitrogen and oxygen atoms in total. The van der Waals surface area contributed by atoms with Gasteiger partial charge in [-0.05, 0) is 51.4 Å². The summed E-state index contributed by atoms with van der Waals surface area (Å²) in [5, 5.41) is 0. The normalized spacial score (nSPS) is 19.7. The van der Waals surface area contributed by atoms with Gasteiger partial charge in [-0.1, -0.05) is 12.8 Å². The molecule has 2 aliphatic rings. The highest BCUT2D eigenvalue weighted by atomic mass is 32.2. The smallest absolute Gasteiger partial charge is 0.305 e. The third kappa shape index (κ3) is 15.3. The minimum atomic E-state index is -3.28. The molecular formula is C22H38O8S. The lowest BCUT2D eigenvalue weighted by molar-refractivity contribution is -0.144. The van der Waals surface area contributed by atoms with Crippen molar-refractivity contribution < 1.29 is 37.0 Å². The maximum absolute atomic E-state index is 12.1. The molecule has 0 aliphatic carbocycles. The zero-order valence-electron chi connectivity index (χ0n) is 18.6. The first-order valence-electron chi connectivity index (χ1n) is 11.7. The van der Waals surface area contributed by atoms with Gasteiger partial charge in [0.1, 0.15) is 9.84 Å². The largest absolute Gasteiger partial charge is 0.466 e. The summed E-state index contributed by atoms with van der Waals surface area (Å²) < 4.78 is 44.7. The van der Waals surface area contributed by atoms with Crippen LogP contribution in [0, 0.1) is 0 Å². The van der Waals surface area contributed by atoms with Crippen LogP contribution in [0.15, 0.2) is 0 Å². The Hall–Kier alpha value is -1.19. The number of ether oxygens (including phenoxy) is 4. The highest BCUT2D eigenvalue weighted by molar-refractivity contribution is 7.91. The van der Waals surface area contributed by atoms with Crippen LogP contribution in [0.3, 0.4) is 0 Å². The molecule has 0 N–H and O–H groups in total. The molecule has 180 valence electrons. The van der Waals surface area contributed by atoms with E-state index in [2.05, 4.69) is 0 Å². The summed E-state index contributed by atoms with van der Waals surface area (Å²) >= 11 is 0. The van der Waals surface area contributed by atoms with E-state index in [-0.39, 0.29) is 49.1 Å². The second-order valence-corrected chi connectivity index (χ2v) is 10.7. The van der Waals surface area contributed by atoms with Crippen LogP contribution in [0.1, 0.15) is 77.0 Å². The van der Waals surface area contributed by atoms with Crippen LogP contribution < -0.4 is 0 Å². The fraction of sp³-hybridized carbons (Fsp3) is 0.909. The van der Waals surface area contributed by atoms with Gasteiger partial charge in [-0.2, -0.15) is 0 Å². The summed E-state index contributed by atoms with van der Waals surface area (Å²) in [6, 6.07) is 0. The van der Waals surface area contributed by atoms with Crippen molar-refractivity contribution in [3.8, 4) is 0 Å². The van der Waals surface area contributed by atoms with Crippen LogP contribution in [0.25, 0.3) is 0 Å². The van der Waals surface area contributed by atoms with Gasteiger partial charge in [0.25, 0.3) is 0 Å². The topological polar surface area (TPSA) is 112 Å². The van der Waals surface area contributed by atoms with Gasteiger partial charge in [-0.3, -0.25) is 9.59 Å². The zero-order chi connectivity index (χ0) is 22.4. The number of rotatable bonds is 20. The Morgan fingerprint density at radius 1 is 0.677 bits per heavy atom. The Balaban J connectivity index is 1.37. The monoisotopic (exact) mass is 462 g/mol. The molecule has 0 radical (unpaired) electrons. The quantitative estimate of drug-likeness (QED) is 0.154. The average molecular weight is 463 g/mol. The van der Waals surface area contributed by atoms with E-state index in [0.717, 1.165) is 64.6 Å².